The van der Waals surface area contributed by atoms with Crippen molar-refractivity contribution in [1.82, 2.24) is 20.1 Å². The predicted molar refractivity (Wildman–Crippen MR) is 108 cm³/mol. The molecular formula is C22H28N4O3. The Bertz CT molecular complexity index is 801. The summed E-state index contributed by atoms with van der Waals surface area (Å²) >= 11 is 0. The molecule has 2 saturated heterocycles. The third-order valence-corrected chi connectivity index (χ3v) is 6.03. The van der Waals surface area contributed by atoms with Crippen molar-refractivity contribution >= 4 is 11.8 Å². The van der Waals surface area contributed by atoms with Crippen LogP contribution in [0.15, 0.2) is 47.4 Å². The van der Waals surface area contributed by atoms with E-state index in [1.54, 1.807) is 12.3 Å². The lowest BCUT2D eigenvalue weighted by atomic mass is 9.93. The van der Waals surface area contributed by atoms with Gasteiger partial charge in [-0.15, -0.1) is 0 Å². The Morgan fingerprint density at radius 3 is 2.72 bits per heavy atom. The molecule has 0 bridgehead atoms. The monoisotopic (exact) mass is 396 g/mol. The number of likely N-dealkylation sites (tertiary alicyclic amines) is 2. The summed E-state index contributed by atoms with van der Waals surface area (Å²) in [7, 11) is 0. The minimum absolute atomic E-state index is 0.0260. The quantitative estimate of drug-likeness (QED) is 0.839. The molecule has 1 atom stereocenters. The summed E-state index contributed by atoms with van der Waals surface area (Å²) in [5.41, 5.74) is 1.49. The van der Waals surface area contributed by atoms with E-state index in [4.69, 9.17) is 4.42 Å². The molecule has 7 nitrogen and oxygen atoms in total. The number of nitrogens with zero attached hydrogens (tertiary/aromatic N) is 3. The molecule has 0 aromatic carbocycles. The summed E-state index contributed by atoms with van der Waals surface area (Å²) in [5, 5.41) is 3.04. The number of piperidine rings is 2. The number of hydrogen-bond donors (Lipinski definition) is 1. The molecular weight excluding hydrogens is 368 g/mol. The van der Waals surface area contributed by atoms with Crippen molar-refractivity contribution < 1.29 is 14.0 Å². The van der Waals surface area contributed by atoms with Crippen molar-refractivity contribution in [3.05, 3.63) is 54.2 Å². The fraction of sp³-hybridized carbons (Fsp3) is 0.500. The van der Waals surface area contributed by atoms with Crippen LogP contribution in [0.3, 0.4) is 0 Å². The second-order valence-corrected chi connectivity index (χ2v) is 7.91. The third kappa shape index (κ3) is 4.85. The van der Waals surface area contributed by atoms with Crippen LogP contribution in [-0.2, 0) is 11.3 Å². The smallest absolute Gasteiger partial charge is 0.257 e. The highest BCUT2D eigenvalue weighted by atomic mass is 16.3. The number of nitrogens with one attached hydrogen (secondary N) is 1. The van der Waals surface area contributed by atoms with Crippen LogP contribution in [0.1, 0.15) is 41.7 Å². The minimum Gasteiger partial charge on any atom is -0.472 e. The number of rotatable bonds is 5. The maximum Gasteiger partial charge on any atom is 0.257 e. The second kappa shape index (κ2) is 9.22. The summed E-state index contributed by atoms with van der Waals surface area (Å²) in [5.74, 6) is 0.189. The molecule has 4 heterocycles. The number of amides is 2. The van der Waals surface area contributed by atoms with Crippen LogP contribution >= 0.6 is 0 Å². The lowest BCUT2D eigenvalue weighted by molar-refractivity contribution is -0.127. The van der Waals surface area contributed by atoms with Crippen molar-refractivity contribution in [2.24, 2.45) is 5.92 Å². The first-order valence-corrected chi connectivity index (χ1v) is 10.4. The lowest BCUT2D eigenvalue weighted by Gasteiger charge is -2.42. The van der Waals surface area contributed by atoms with E-state index < -0.39 is 0 Å². The van der Waals surface area contributed by atoms with Crippen molar-refractivity contribution in [2.45, 2.75) is 38.3 Å². The van der Waals surface area contributed by atoms with Crippen LogP contribution in [0.5, 0.6) is 0 Å². The number of carbonyl (C=O) groups excluding carboxylic acids is 2. The van der Waals surface area contributed by atoms with Gasteiger partial charge in [0.05, 0.1) is 30.0 Å². The zero-order chi connectivity index (χ0) is 20.1. The SMILES string of the molecule is O=C(NCc1ccccn1)[C@H]1CCCN(C2CCN(C(=O)c3ccoc3)CC2)C1. The number of aromatic nitrogens is 1. The first-order chi connectivity index (χ1) is 14.2. The summed E-state index contributed by atoms with van der Waals surface area (Å²) in [6, 6.07) is 7.88. The van der Waals surface area contributed by atoms with Crippen LogP contribution in [0.25, 0.3) is 0 Å². The Morgan fingerprint density at radius 2 is 2.00 bits per heavy atom. The first-order valence-electron chi connectivity index (χ1n) is 10.4. The molecule has 2 aliphatic heterocycles. The van der Waals surface area contributed by atoms with Gasteiger partial charge in [-0.25, -0.2) is 0 Å². The van der Waals surface area contributed by atoms with Gasteiger partial charge in [0.15, 0.2) is 0 Å². The Kier molecular flexibility index (Phi) is 6.24. The molecule has 2 amide bonds. The van der Waals surface area contributed by atoms with Crippen molar-refractivity contribution in [2.75, 3.05) is 26.2 Å². The Hall–Kier alpha value is -2.67. The zero-order valence-corrected chi connectivity index (χ0v) is 16.6. The molecule has 0 aliphatic carbocycles. The molecule has 2 aromatic heterocycles. The maximum absolute atomic E-state index is 12.6. The summed E-state index contributed by atoms with van der Waals surface area (Å²) < 4.78 is 5.03. The number of hydrogen-bond acceptors (Lipinski definition) is 5. The van der Waals surface area contributed by atoms with Crippen molar-refractivity contribution in [3.8, 4) is 0 Å². The van der Waals surface area contributed by atoms with Crippen molar-refractivity contribution in [1.29, 1.82) is 0 Å². The maximum atomic E-state index is 12.6. The predicted octanol–water partition coefficient (Wildman–Crippen LogP) is 2.31. The van der Waals surface area contributed by atoms with Gasteiger partial charge in [-0.05, 0) is 50.4 Å². The minimum atomic E-state index is 0.0260. The van der Waals surface area contributed by atoms with Crippen LogP contribution < -0.4 is 5.32 Å². The summed E-state index contributed by atoms with van der Waals surface area (Å²) in [6.07, 6.45) is 8.66. The molecule has 154 valence electrons. The van der Waals surface area contributed by atoms with Gasteiger partial charge in [-0.3, -0.25) is 19.5 Å². The highest BCUT2D eigenvalue weighted by molar-refractivity contribution is 5.93. The van der Waals surface area contributed by atoms with E-state index in [1.807, 2.05) is 23.1 Å². The van der Waals surface area contributed by atoms with E-state index in [9.17, 15) is 9.59 Å². The number of carbonyl (C=O) groups is 2. The van der Waals surface area contributed by atoms with E-state index in [0.29, 0.717) is 18.2 Å². The highest BCUT2D eigenvalue weighted by Gasteiger charge is 2.32. The van der Waals surface area contributed by atoms with Crippen LogP contribution in [-0.4, -0.2) is 58.8 Å². The fourth-order valence-electron chi connectivity index (χ4n) is 4.38. The molecule has 2 aliphatic rings. The van der Waals surface area contributed by atoms with E-state index in [1.165, 1.54) is 12.5 Å². The molecule has 4 rings (SSSR count). The molecule has 7 heteroatoms. The van der Waals surface area contributed by atoms with Gasteiger partial charge < -0.3 is 14.6 Å². The Balaban J connectivity index is 1.25. The summed E-state index contributed by atoms with van der Waals surface area (Å²) in [6.45, 7) is 3.81. The number of furan rings is 1. The normalized spacial score (nSPS) is 21.1. The first kappa shape index (κ1) is 19.6. The van der Waals surface area contributed by atoms with Crippen LogP contribution in [0.4, 0.5) is 0 Å². The topological polar surface area (TPSA) is 78.7 Å². The van der Waals surface area contributed by atoms with Gasteiger partial charge in [-0.2, -0.15) is 0 Å². The lowest BCUT2D eigenvalue weighted by Crippen LogP contribution is -2.51. The number of pyridine rings is 1. The molecule has 2 fully saturated rings. The molecule has 0 unspecified atom stereocenters. The molecule has 0 radical (unpaired) electrons. The average Bonchev–Trinajstić information content (AvgIpc) is 3.33. The van der Waals surface area contributed by atoms with Gasteiger partial charge >= 0.3 is 0 Å². The van der Waals surface area contributed by atoms with Gasteiger partial charge in [0.1, 0.15) is 6.26 Å². The van der Waals surface area contributed by atoms with Crippen molar-refractivity contribution in [3.63, 3.8) is 0 Å². The fourth-order valence-corrected chi connectivity index (χ4v) is 4.38. The molecule has 1 N–H and O–H groups in total. The van der Waals surface area contributed by atoms with Crippen LogP contribution in [0, 0.1) is 5.92 Å². The Morgan fingerprint density at radius 1 is 1.14 bits per heavy atom. The largest absolute Gasteiger partial charge is 0.472 e. The van der Waals surface area contributed by atoms with Gasteiger partial charge in [0.25, 0.3) is 5.91 Å². The third-order valence-electron chi connectivity index (χ3n) is 6.03. The van der Waals surface area contributed by atoms with E-state index >= 15 is 0 Å². The van der Waals surface area contributed by atoms with Gasteiger partial charge in [0.2, 0.25) is 5.91 Å². The van der Waals surface area contributed by atoms with E-state index in [-0.39, 0.29) is 17.7 Å². The van der Waals surface area contributed by atoms with Gasteiger partial charge in [-0.1, -0.05) is 6.07 Å². The molecule has 2 aromatic rings. The summed E-state index contributed by atoms with van der Waals surface area (Å²) in [4.78, 5) is 33.7. The van der Waals surface area contributed by atoms with Crippen LogP contribution in [0.2, 0.25) is 0 Å². The van der Waals surface area contributed by atoms with Gasteiger partial charge in [0, 0.05) is 31.9 Å². The second-order valence-electron chi connectivity index (χ2n) is 7.91. The zero-order valence-electron chi connectivity index (χ0n) is 16.6. The Labute approximate surface area is 171 Å². The highest BCUT2D eigenvalue weighted by Crippen LogP contribution is 2.25. The average molecular weight is 396 g/mol. The standard InChI is InChI=1S/C22H28N4O3/c27-21(24-14-19-5-1-2-9-23-19)17-4-3-10-26(15-17)20-6-11-25(12-7-20)22(28)18-8-13-29-16-18/h1-2,5,8-9,13,16-17,20H,3-4,6-7,10-12,14-15H2,(H,24,27)/t17-/m0/s1. The van der Waals surface area contributed by atoms with E-state index in [2.05, 4.69) is 15.2 Å². The van der Waals surface area contributed by atoms with E-state index in [0.717, 1.165) is 57.6 Å². The molecule has 0 saturated carbocycles. The molecule has 29 heavy (non-hydrogen) atoms. The molecule has 0 spiro atoms.